The van der Waals surface area contributed by atoms with Crippen molar-refractivity contribution in [2.45, 2.75) is 26.1 Å². The third-order valence-electron chi connectivity index (χ3n) is 5.05. The molecule has 0 radical (unpaired) electrons. The number of halogens is 1. The number of carbonyl (C=O) groups is 1. The zero-order chi connectivity index (χ0) is 21.0. The van der Waals surface area contributed by atoms with Crippen LogP contribution in [0.2, 0.25) is 0 Å². The first-order chi connectivity index (χ1) is 13.8. The van der Waals surface area contributed by atoms with Crippen molar-refractivity contribution in [3.05, 3.63) is 71.0 Å². The van der Waals surface area contributed by atoms with Gasteiger partial charge in [-0.25, -0.2) is 12.8 Å². The van der Waals surface area contributed by atoms with Crippen LogP contribution in [0.4, 0.5) is 4.39 Å². The topological polar surface area (TPSA) is 66.9 Å². The lowest BCUT2D eigenvalue weighted by Gasteiger charge is -2.28. The Labute approximate surface area is 170 Å². The molecule has 0 bridgehead atoms. The molecule has 1 unspecified atom stereocenters. The predicted octanol–water partition coefficient (Wildman–Crippen LogP) is 2.32. The van der Waals surface area contributed by atoms with Crippen LogP contribution >= 0.6 is 0 Å². The van der Waals surface area contributed by atoms with Gasteiger partial charge < -0.3 is 4.74 Å². The summed E-state index contributed by atoms with van der Waals surface area (Å²) in [6, 6.07) is 12.6. The normalized spacial score (nSPS) is 20.2. The lowest BCUT2D eigenvalue weighted by Crippen LogP contribution is -2.48. The fourth-order valence-corrected chi connectivity index (χ4v) is 4.99. The SMILES string of the molecule is COC(=O)C1CN(Cc2ccc(F)cc2)CCS(=O)(=O)N1Cc1ccc(C)cc1. The van der Waals surface area contributed by atoms with E-state index in [9.17, 15) is 17.6 Å². The molecule has 6 nitrogen and oxygen atoms in total. The zero-order valence-electron chi connectivity index (χ0n) is 16.5. The van der Waals surface area contributed by atoms with Crippen LogP contribution in [-0.2, 0) is 32.6 Å². The number of aryl methyl sites for hydroxylation is 1. The third kappa shape index (κ3) is 5.41. The summed E-state index contributed by atoms with van der Waals surface area (Å²) in [5.41, 5.74) is 2.72. The van der Waals surface area contributed by atoms with Crippen LogP contribution in [0.1, 0.15) is 16.7 Å². The van der Waals surface area contributed by atoms with Gasteiger partial charge in [0.25, 0.3) is 0 Å². The maximum Gasteiger partial charge on any atom is 0.325 e. The van der Waals surface area contributed by atoms with Crippen molar-refractivity contribution in [3.63, 3.8) is 0 Å². The van der Waals surface area contributed by atoms with Gasteiger partial charge in [-0.3, -0.25) is 9.69 Å². The molecule has 1 atom stereocenters. The second kappa shape index (κ2) is 9.02. The molecule has 0 spiro atoms. The number of ether oxygens (including phenoxy) is 1. The summed E-state index contributed by atoms with van der Waals surface area (Å²) >= 11 is 0. The molecule has 0 aliphatic carbocycles. The minimum atomic E-state index is -3.67. The maximum atomic E-state index is 13.2. The van der Waals surface area contributed by atoms with E-state index in [0.29, 0.717) is 6.54 Å². The van der Waals surface area contributed by atoms with Gasteiger partial charge in [-0.1, -0.05) is 42.0 Å². The van der Waals surface area contributed by atoms with E-state index < -0.39 is 22.0 Å². The van der Waals surface area contributed by atoms with Crippen LogP contribution < -0.4 is 0 Å². The largest absolute Gasteiger partial charge is 0.468 e. The number of benzene rings is 2. The predicted molar refractivity (Wildman–Crippen MR) is 108 cm³/mol. The molecule has 8 heteroatoms. The van der Waals surface area contributed by atoms with E-state index >= 15 is 0 Å². The van der Waals surface area contributed by atoms with Crippen molar-refractivity contribution in [2.24, 2.45) is 0 Å². The van der Waals surface area contributed by atoms with Crippen LogP contribution in [0.25, 0.3) is 0 Å². The van der Waals surface area contributed by atoms with Gasteiger partial charge in [0.2, 0.25) is 10.0 Å². The zero-order valence-corrected chi connectivity index (χ0v) is 17.4. The minimum Gasteiger partial charge on any atom is -0.468 e. The first-order valence-corrected chi connectivity index (χ1v) is 11.0. The average molecular weight is 421 g/mol. The Morgan fingerprint density at radius 1 is 1.07 bits per heavy atom. The summed E-state index contributed by atoms with van der Waals surface area (Å²) in [6.45, 7) is 2.96. The molecule has 1 aliphatic heterocycles. The quantitative estimate of drug-likeness (QED) is 0.695. The van der Waals surface area contributed by atoms with Crippen molar-refractivity contribution in [3.8, 4) is 0 Å². The number of hydrogen-bond donors (Lipinski definition) is 0. The molecule has 156 valence electrons. The molecule has 0 aromatic heterocycles. The van der Waals surface area contributed by atoms with E-state index in [4.69, 9.17) is 4.74 Å². The number of hydrogen-bond acceptors (Lipinski definition) is 5. The van der Waals surface area contributed by atoms with Gasteiger partial charge in [0.15, 0.2) is 0 Å². The lowest BCUT2D eigenvalue weighted by atomic mass is 10.1. The fourth-order valence-electron chi connectivity index (χ4n) is 3.38. The smallest absolute Gasteiger partial charge is 0.325 e. The highest BCUT2D eigenvalue weighted by atomic mass is 32.2. The number of nitrogens with zero attached hydrogens (tertiary/aromatic N) is 2. The summed E-state index contributed by atoms with van der Waals surface area (Å²) < 4.78 is 45.3. The molecule has 2 aromatic rings. The summed E-state index contributed by atoms with van der Waals surface area (Å²) in [5, 5.41) is 0. The molecule has 1 aliphatic rings. The first-order valence-electron chi connectivity index (χ1n) is 9.38. The van der Waals surface area contributed by atoms with Gasteiger partial charge in [0, 0.05) is 26.2 Å². The van der Waals surface area contributed by atoms with E-state index in [1.807, 2.05) is 36.1 Å². The number of esters is 1. The molecule has 29 heavy (non-hydrogen) atoms. The molecule has 1 saturated heterocycles. The van der Waals surface area contributed by atoms with Gasteiger partial charge in [-0.2, -0.15) is 4.31 Å². The number of methoxy groups -OCH3 is 1. The molecule has 3 rings (SSSR count). The number of sulfonamides is 1. The van der Waals surface area contributed by atoms with E-state index in [1.165, 1.54) is 23.5 Å². The monoisotopic (exact) mass is 420 g/mol. The van der Waals surface area contributed by atoms with Crippen LogP contribution in [0, 0.1) is 12.7 Å². The molecule has 0 N–H and O–H groups in total. The van der Waals surface area contributed by atoms with Gasteiger partial charge in [0.05, 0.1) is 12.9 Å². The fraction of sp³-hybridized carbons (Fsp3) is 0.381. The van der Waals surface area contributed by atoms with Crippen LogP contribution in [0.3, 0.4) is 0 Å². The maximum absolute atomic E-state index is 13.2. The van der Waals surface area contributed by atoms with Gasteiger partial charge in [0.1, 0.15) is 11.9 Å². The van der Waals surface area contributed by atoms with Crippen molar-refractivity contribution in [1.82, 2.24) is 9.21 Å². The molecular weight excluding hydrogens is 395 g/mol. The molecule has 1 fully saturated rings. The Morgan fingerprint density at radius 3 is 2.28 bits per heavy atom. The van der Waals surface area contributed by atoms with Crippen molar-refractivity contribution in [2.75, 3.05) is 26.0 Å². The van der Waals surface area contributed by atoms with Crippen molar-refractivity contribution in [1.29, 1.82) is 0 Å². The Morgan fingerprint density at radius 2 is 1.66 bits per heavy atom. The van der Waals surface area contributed by atoms with E-state index in [2.05, 4.69) is 0 Å². The standard InChI is InChI=1S/C21H25FN2O4S/c1-16-3-5-18(6-4-16)14-24-20(21(25)28-2)15-23(11-12-29(24,26)27)13-17-7-9-19(22)10-8-17/h3-10,20H,11-15H2,1-2H3. The summed E-state index contributed by atoms with van der Waals surface area (Å²) in [4.78, 5) is 14.4. The van der Waals surface area contributed by atoms with E-state index in [-0.39, 0.29) is 31.2 Å². The van der Waals surface area contributed by atoms with Gasteiger partial charge in [-0.15, -0.1) is 0 Å². The van der Waals surface area contributed by atoms with Gasteiger partial charge in [-0.05, 0) is 30.2 Å². The van der Waals surface area contributed by atoms with E-state index in [0.717, 1.165) is 16.7 Å². The Hall–Kier alpha value is -2.29. The molecule has 1 heterocycles. The number of carbonyl (C=O) groups excluding carboxylic acids is 1. The highest BCUT2D eigenvalue weighted by molar-refractivity contribution is 7.89. The average Bonchev–Trinajstić information content (AvgIpc) is 2.82. The Balaban J connectivity index is 1.86. The van der Waals surface area contributed by atoms with Gasteiger partial charge >= 0.3 is 5.97 Å². The minimum absolute atomic E-state index is 0.104. The lowest BCUT2D eigenvalue weighted by molar-refractivity contribution is -0.145. The highest BCUT2D eigenvalue weighted by Gasteiger charge is 2.39. The van der Waals surface area contributed by atoms with Crippen LogP contribution in [-0.4, -0.2) is 55.6 Å². The Bertz CT molecular complexity index is 946. The molecule has 0 saturated carbocycles. The third-order valence-corrected chi connectivity index (χ3v) is 6.85. The van der Waals surface area contributed by atoms with Crippen LogP contribution in [0.15, 0.2) is 48.5 Å². The summed E-state index contributed by atoms with van der Waals surface area (Å²) in [7, 11) is -2.42. The second-order valence-corrected chi connectivity index (χ2v) is 9.29. The summed E-state index contributed by atoms with van der Waals surface area (Å²) in [5.74, 6) is -1.02. The molecule has 0 amide bonds. The second-order valence-electron chi connectivity index (χ2n) is 7.25. The summed E-state index contributed by atoms with van der Waals surface area (Å²) in [6.07, 6.45) is 0. The first kappa shape index (κ1) is 21.4. The van der Waals surface area contributed by atoms with Crippen molar-refractivity contribution < 1.29 is 22.3 Å². The highest BCUT2D eigenvalue weighted by Crippen LogP contribution is 2.21. The Kier molecular flexibility index (Phi) is 6.66. The molecule has 2 aromatic carbocycles. The van der Waals surface area contributed by atoms with E-state index in [1.54, 1.807) is 12.1 Å². The number of rotatable bonds is 5. The van der Waals surface area contributed by atoms with Crippen molar-refractivity contribution >= 4 is 16.0 Å². The van der Waals surface area contributed by atoms with Crippen LogP contribution in [0.5, 0.6) is 0 Å². The molecular formula is C21H25FN2O4S.